The van der Waals surface area contributed by atoms with Gasteiger partial charge in [-0.2, -0.15) is 0 Å². The van der Waals surface area contributed by atoms with E-state index in [9.17, 15) is 14.3 Å². The first-order valence-electron chi connectivity index (χ1n) is 11.3. The predicted octanol–water partition coefficient (Wildman–Crippen LogP) is 5.30. The van der Waals surface area contributed by atoms with Gasteiger partial charge < -0.3 is 19.5 Å². The molecule has 0 saturated carbocycles. The number of carboxylic acid groups (broad SMARTS) is 1. The number of methoxy groups -OCH3 is 1. The number of ether oxygens (including phenoxy) is 2. The fourth-order valence-corrected chi connectivity index (χ4v) is 5.58. The van der Waals surface area contributed by atoms with Crippen molar-refractivity contribution in [2.75, 3.05) is 20.2 Å². The van der Waals surface area contributed by atoms with E-state index in [4.69, 9.17) is 14.5 Å². The van der Waals surface area contributed by atoms with Gasteiger partial charge in [-0.25, -0.2) is 24.1 Å². The quantitative estimate of drug-likeness (QED) is 0.387. The van der Waals surface area contributed by atoms with E-state index in [1.54, 1.807) is 13.3 Å². The minimum Gasteiger partial charge on any atom is -0.485 e. The Morgan fingerprint density at radius 1 is 1.31 bits per heavy atom. The third-order valence-electron chi connectivity index (χ3n) is 5.89. The fraction of sp³-hybridized carbons (Fsp3) is 0.360. The van der Waals surface area contributed by atoms with Crippen molar-refractivity contribution in [1.29, 1.82) is 0 Å². The number of carbonyl (C=O) groups is 1. The predicted molar refractivity (Wildman–Crippen MR) is 132 cm³/mol. The molecule has 1 unspecified atom stereocenters. The zero-order valence-electron chi connectivity index (χ0n) is 19.8. The largest absolute Gasteiger partial charge is 0.485 e. The Morgan fingerprint density at radius 2 is 2.11 bits per heavy atom. The third kappa shape index (κ3) is 4.34. The van der Waals surface area contributed by atoms with Crippen molar-refractivity contribution >= 4 is 38.7 Å². The average Bonchev–Trinajstić information content (AvgIpc) is 3.41. The second-order valence-corrected chi connectivity index (χ2v) is 10.2. The van der Waals surface area contributed by atoms with Gasteiger partial charge in [0.25, 0.3) is 0 Å². The summed E-state index contributed by atoms with van der Waals surface area (Å²) in [4.78, 5) is 26.8. The number of nitrogens with zero attached hydrogens (tertiary/aromatic N) is 4. The normalized spacial score (nSPS) is 15.0. The molecule has 3 heterocycles. The van der Waals surface area contributed by atoms with Crippen LogP contribution in [0, 0.1) is 18.7 Å². The molecule has 0 aliphatic carbocycles. The lowest BCUT2D eigenvalue weighted by atomic mass is 10.1. The molecule has 1 amide bonds. The van der Waals surface area contributed by atoms with E-state index < -0.39 is 18.0 Å². The molecule has 4 aromatic rings. The molecule has 5 rings (SSSR count). The van der Waals surface area contributed by atoms with Gasteiger partial charge in [-0.3, -0.25) is 0 Å². The third-order valence-corrected chi connectivity index (χ3v) is 7.05. The van der Waals surface area contributed by atoms with Gasteiger partial charge in [0.05, 0.1) is 41.1 Å². The number of benzene rings is 2. The summed E-state index contributed by atoms with van der Waals surface area (Å²) in [6, 6.07) is 5.31. The zero-order chi connectivity index (χ0) is 24.9. The van der Waals surface area contributed by atoms with E-state index >= 15 is 0 Å². The van der Waals surface area contributed by atoms with Crippen LogP contribution in [0.2, 0.25) is 0 Å². The average molecular weight is 497 g/mol. The van der Waals surface area contributed by atoms with Crippen molar-refractivity contribution in [1.82, 2.24) is 19.9 Å². The Hall–Kier alpha value is -3.53. The maximum Gasteiger partial charge on any atom is 0.407 e. The molecule has 8 nitrogen and oxygen atoms in total. The SMILES string of the molecule is COc1cnc2c(-c3nc4cc(F)c5c(c4s3)CC(CN(CC(C)C)C(=O)O)O5)cc(C)cc2n1. The lowest BCUT2D eigenvalue weighted by molar-refractivity contribution is 0.109. The van der Waals surface area contributed by atoms with Crippen molar-refractivity contribution in [3.8, 4) is 22.2 Å². The van der Waals surface area contributed by atoms with Crippen LogP contribution in [0.15, 0.2) is 24.4 Å². The highest BCUT2D eigenvalue weighted by Crippen LogP contribution is 2.43. The van der Waals surface area contributed by atoms with Crippen LogP contribution < -0.4 is 9.47 Å². The summed E-state index contributed by atoms with van der Waals surface area (Å²) < 4.78 is 26.9. The van der Waals surface area contributed by atoms with Crippen molar-refractivity contribution in [2.45, 2.75) is 33.3 Å². The first kappa shape index (κ1) is 23.2. The molecule has 0 saturated heterocycles. The molecule has 35 heavy (non-hydrogen) atoms. The molecule has 0 spiro atoms. The fourth-order valence-electron chi connectivity index (χ4n) is 4.47. The van der Waals surface area contributed by atoms with Crippen LogP contribution in [0.25, 0.3) is 31.8 Å². The number of hydrogen-bond acceptors (Lipinski definition) is 7. The number of aryl methyl sites for hydroxylation is 1. The number of halogens is 1. The number of fused-ring (bicyclic) bond motifs is 4. The minimum atomic E-state index is -1.01. The highest BCUT2D eigenvalue weighted by molar-refractivity contribution is 7.22. The number of hydrogen-bond donors (Lipinski definition) is 1. The van der Waals surface area contributed by atoms with Gasteiger partial charge in [0, 0.05) is 30.2 Å². The van der Waals surface area contributed by atoms with Crippen LogP contribution in [0.3, 0.4) is 0 Å². The lowest BCUT2D eigenvalue weighted by Gasteiger charge is -2.24. The molecular formula is C25H25FN4O4S. The van der Waals surface area contributed by atoms with Gasteiger partial charge >= 0.3 is 6.09 Å². The van der Waals surface area contributed by atoms with E-state index in [2.05, 4.69) is 9.97 Å². The maximum absolute atomic E-state index is 15.0. The first-order valence-corrected chi connectivity index (χ1v) is 12.1. The molecule has 182 valence electrons. The zero-order valence-corrected chi connectivity index (χ0v) is 20.6. The van der Waals surface area contributed by atoms with Gasteiger partial charge in [0.15, 0.2) is 11.6 Å². The Bertz CT molecular complexity index is 1450. The van der Waals surface area contributed by atoms with Crippen LogP contribution in [0.5, 0.6) is 11.6 Å². The first-order chi connectivity index (χ1) is 16.7. The van der Waals surface area contributed by atoms with Crippen LogP contribution in [-0.4, -0.2) is 57.4 Å². The molecule has 0 bridgehead atoms. The van der Waals surface area contributed by atoms with Crippen LogP contribution in [0.1, 0.15) is 25.0 Å². The summed E-state index contributed by atoms with van der Waals surface area (Å²) in [7, 11) is 1.54. The topological polar surface area (TPSA) is 97.7 Å². The summed E-state index contributed by atoms with van der Waals surface area (Å²) in [5.41, 5.74) is 4.46. The molecule has 1 atom stereocenters. The van der Waals surface area contributed by atoms with Gasteiger partial charge in [0.1, 0.15) is 11.1 Å². The summed E-state index contributed by atoms with van der Waals surface area (Å²) in [6.07, 6.45) is 0.519. The van der Waals surface area contributed by atoms with E-state index in [1.807, 2.05) is 32.9 Å². The summed E-state index contributed by atoms with van der Waals surface area (Å²) >= 11 is 1.45. The Balaban J connectivity index is 1.54. The Morgan fingerprint density at radius 3 is 2.83 bits per heavy atom. The van der Waals surface area contributed by atoms with E-state index in [1.165, 1.54) is 22.3 Å². The van der Waals surface area contributed by atoms with Crippen LogP contribution in [0.4, 0.5) is 9.18 Å². The van der Waals surface area contributed by atoms with E-state index in [0.717, 1.165) is 21.4 Å². The molecule has 2 aromatic heterocycles. The van der Waals surface area contributed by atoms with Crippen LogP contribution in [-0.2, 0) is 6.42 Å². The molecule has 0 radical (unpaired) electrons. The molecule has 2 aromatic carbocycles. The molecular weight excluding hydrogens is 471 g/mol. The van der Waals surface area contributed by atoms with Crippen molar-refractivity contribution in [3.63, 3.8) is 0 Å². The van der Waals surface area contributed by atoms with Crippen molar-refractivity contribution in [3.05, 3.63) is 41.3 Å². The minimum absolute atomic E-state index is 0.175. The molecule has 1 N–H and O–H groups in total. The molecule has 1 aliphatic heterocycles. The van der Waals surface area contributed by atoms with Crippen molar-refractivity contribution in [2.24, 2.45) is 5.92 Å². The lowest BCUT2D eigenvalue weighted by Crippen LogP contribution is -2.40. The van der Waals surface area contributed by atoms with Gasteiger partial charge in [-0.05, 0) is 30.5 Å². The number of amides is 1. The highest BCUT2D eigenvalue weighted by atomic mass is 32.1. The highest BCUT2D eigenvalue weighted by Gasteiger charge is 2.32. The van der Waals surface area contributed by atoms with Gasteiger partial charge in [-0.15, -0.1) is 11.3 Å². The second kappa shape index (κ2) is 8.92. The Labute approximate surface area is 205 Å². The molecule has 1 aliphatic rings. The molecule has 0 fully saturated rings. The number of rotatable bonds is 6. The van der Waals surface area contributed by atoms with E-state index in [-0.39, 0.29) is 18.2 Å². The van der Waals surface area contributed by atoms with Crippen molar-refractivity contribution < 1.29 is 23.8 Å². The number of aromatic nitrogens is 3. The van der Waals surface area contributed by atoms with Gasteiger partial charge in [-0.1, -0.05) is 13.8 Å². The maximum atomic E-state index is 15.0. The monoisotopic (exact) mass is 496 g/mol. The van der Waals surface area contributed by atoms with Gasteiger partial charge in [0.2, 0.25) is 5.88 Å². The summed E-state index contributed by atoms with van der Waals surface area (Å²) in [5, 5.41) is 10.3. The van der Waals surface area contributed by atoms with E-state index in [0.29, 0.717) is 40.4 Å². The summed E-state index contributed by atoms with van der Waals surface area (Å²) in [6.45, 7) is 6.45. The smallest absolute Gasteiger partial charge is 0.407 e. The second-order valence-electron chi connectivity index (χ2n) is 9.15. The summed E-state index contributed by atoms with van der Waals surface area (Å²) in [5.74, 6) is 0.298. The standard InChI is InChI=1S/C25H25FN4O4S/c1-12(2)10-30(25(31)32)11-14-7-16-22(34-14)17(26)8-19-23(16)35-24(29-19)15-5-13(3)6-18-21(15)27-9-20(28-18)33-4/h5-6,8-9,12,14H,7,10-11H2,1-4H3,(H,31,32). The number of thiazole rings is 1. The molecule has 10 heteroatoms. The van der Waals surface area contributed by atoms with Crippen LogP contribution >= 0.6 is 11.3 Å². The Kier molecular flexibility index (Phi) is 5.92.